The Morgan fingerprint density at radius 1 is 1.32 bits per heavy atom. The molecule has 0 atom stereocenters. The Balaban J connectivity index is 1.41. The van der Waals surface area contributed by atoms with Gasteiger partial charge in [-0.2, -0.15) is 4.37 Å². The van der Waals surface area contributed by atoms with Crippen molar-refractivity contribution < 1.29 is 9.15 Å². The molecule has 28 heavy (non-hydrogen) atoms. The van der Waals surface area contributed by atoms with Gasteiger partial charge < -0.3 is 24.3 Å². The number of furan rings is 1. The van der Waals surface area contributed by atoms with Crippen LogP contribution in [0.5, 0.6) is 0 Å². The number of ether oxygens (including phenoxy) is 1. The van der Waals surface area contributed by atoms with Gasteiger partial charge in [0.2, 0.25) is 5.13 Å². The molecule has 0 aromatic carbocycles. The molecule has 0 radical (unpaired) electrons. The Hall–Kier alpha value is -2.13. The van der Waals surface area contributed by atoms with E-state index >= 15 is 0 Å². The summed E-state index contributed by atoms with van der Waals surface area (Å²) in [6.07, 6.45) is 3.44. The second kappa shape index (κ2) is 11.0. The number of anilines is 1. The maximum atomic E-state index is 5.62. The van der Waals surface area contributed by atoms with Gasteiger partial charge in [-0.15, -0.1) is 0 Å². The molecule has 0 amide bonds. The molecule has 8 nitrogen and oxygen atoms in total. The lowest BCUT2D eigenvalue weighted by molar-refractivity contribution is 0.105. The third-order valence-corrected chi connectivity index (χ3v) is 5.31. The number of hydrogen-bond acceptors (Lipinski definition) is 7. The molecule has 154 valence electrons. The molecule has 1 aliphatic heterocycles. The monoisotopic (exact) mass is 406 g/mol. The van der Waals surface area contributed by atoms with Crippen LogP contribution in [0.3, 0.4) is 0 Å². The SMILES string of the molecule is CCNC(=NCCCOCc1ccco1)N1CCN(c2nc(CC)ns2)CC1. The maximum Gasteiger partial charge on any atom is 0.205 e. The molecule has 3 heterocycles. The maximum absolute atomic E-state index is 5.62. The van der Waals surface area contributed by atoms with Crippen LogP contribution >= 0.6 is 11.5 Å². The van der Waals surface area contributed by atoms with Gasteiger partial charge in [-0.3, -0.25) is 4.99 Å². The van der Waals surface area contributed by atoms with Gasteiger partial charge >= 0.3 is 0 Å². The van der Waals surface area contributed by atoms with Crippen molar-refractivity contribution in [3.8, 4) is 0 Å². The molecular weight excluding hydrogens is 376 g/mol. The lowest BCUT2D eigenvalue weighted by Crippen LogP contribution is -2.52. The van der Waals surface area contributed by atoms with E-state index in [4.69, 9.17) is 14.1 Å². The van der Waals surface area contributed by atoms with Crippen molar-refractivity contribution in [2.24, 2.45) is 4.99 Å². The van der Waals surface area contributed by atoms with Crippen LogP contribution in [0.2, 0.25) is 0 Å². The fourth-order valence-corrected chi connectivity index (χ4v) is 3.77. The van der Waals surface area contributed by atoms with Gasteiger partial charge in [0, 0.05) is 63.8 Å². The first-order valence-electron chi connectivity index (χ1n) is 10.0. The highest BCUT2D eigenvalue weighted by Gasteiger charge is 2.21. The van der Waals surface area contributed by atoms with Crippen LogP contribution in [0.25, 0.3) is 0 Å². The quantitative estimate of drug-likeness (QED) is 0.389. The third kappa shape index (κ3) is 5.93. The number of nitrogens with zero attached hydrogens (tertiary/aromatic N) is 5. The number of hydrogen-bond donors (Lipinski definition) is 1. The van der Waals surface area contributed by atoms with Crippen molar-refractivity contribution in [1.82, 2.24) is 19.6 Å². The Bertz CT molecular complexity index is 710. The summed E-state index contributed by atoms with van der Waals surface area (Å²) in [5.74, 6) is 2.78. The summed E-state index contributed by atoms with van der Waals surface area (Å²) in [6.45, 7) is 10.7. The van der Waals surface area contributed by atoms with Gasteiger partial charge in [-0.25, -0.2) is 4.98 Å². The predicted molar refractivity (Wildman–Crippen MR) is 112 cm³/mol. The number of guanidine groups is 1. The molecule has 1 N–H and O–H groups in total. The molecule has 0 bridgehead atoms. The highest BCUT2D eigenvalue weighted by Crippen LogP contribution is 2.19. The second-order valence-corrected chi connectivity index (χ2v) is 7.27. The smallest absolute Gasteiger partial charge is 0.205 e. The van der Waals surface area contributed by atoms with E-state index in [0.29, 0.717) is 13.2 Å². The molecule has 0 saturated carbocycles. The summed E-state index contributed by atoms with van der Waals surface area (Å²) in [5, 5.41) is 4.44. The van der Waals surface area contributed by atoms with Crippen LogP contribution in [0.4, 0.5) is 5.13 Å². The number of aliphatic imine (C=N–C) groups is 1. The fraction of sp³-hybridized carbons (Fsp3) is 0.632. The van der Waals surface area contributed by atoms with Crippen molar-refractivity contribution >= 4 is 22.6 Å². The van der Waals surface area contributed by atoms with Gasteiger partial charge in [0.05, 0.1) is 6.26 Å². The van der Waals surface area contributed by atoms with Crippen molar-refractivity contribution in [3.63, 3.8) is 0 Å². The molecule has 9 heteroatoms. The molecule has 0 spiro atoms. The Morgan fingerprint density at radius 2 is 2.18 bits per heavy atom. The van der Waals surface area contributed by atoms with E-state index in [1.807, 2.05) is 12.1 Å². The van der Waals surface area contributed by atoms with Crippen molar-refractivity contribution in [1.29, 1.82) is 0 Å². The number of rotatable bonds is 9. The lowest BCUT2D eigenvalue weighted by atomic mass is 10.3. The van der Waals surface area contributed by atoms with Crippen LogP contribution < -0.4 is 10.2 Å². The summed E-state index contributed by atoms with van der Waals surface area (Å²) in [5.41, 5.74) is 0. The van der Waals surface area contributed by atoms with Crippen LogP contribution in [0, 0.1) is 0 Å². The Labute approximate surface area is 170 Å². The summed E-state index contributed by atoms with van der Waals surface area (Å²) in [4.78, 5) is 14.0. The van der Waals surface area contributed by atoms with E-state index in [2.05, 4.69) is 38.3 Å². The van der Waals surface area contributed by atoms with E-state index in [1.165, 1.54) is 11.5 Å². The lowest BCUT2D eigenvalue weighted by Gasteiger charge is -2.36. The normalized spacial score (nSPS) is 15.3. The summed E-state index contributed by atoms with van der Waals surface area (Å²) < 4.78 is 15.3. The summed E-state index contributed by atoms with van der Waals surface area (Å²) in [6, 6.07) is 3.80. The Morgan fingerprint density at radius 3 is 2.86 bits per heavy atom. The minimum Gasteiger partial charge on any atom is -0.467 e. The van der Waals surface area contributed by atoms with Gasteiger partial charge in [-0.1, -0.05) is 6.92 Å². The molecule has 1 fully saturated rings. The number of piperazine rings is 1. The third-order valence-electron chi connectivity index (χ3n) is 4.49. The standard InChI is InChI=1S/C19H30N6O2S/c1-3-17-22-19(28-23-17)25-11-9-24(10-12-25)18(20-4-2)21-8-6-13-26-15-16-7-5-14-27-16/h5,7,14H,3-4,6,8-13,15H2,1-2H3,(H,20,21). The molecule has 2 aromatic heterocycles. The van der Waals surface area contributed by atoms with Crippen LogP contribution in [0.15, 0.2) is 27.8 Å². The van der Waals surface area contributed by atoms with E-state index < -0.39 is 0 Å². The molecule has 0 aliphatic carbocycles. The highest BCUT2D eigenvalue weighted by molar-refractivity contribution is 7.09. The average Bonchev–Trinajstić information content (AvgIpc) is 3.42. The molecule has 1 saturated heterocycles. The van der Waals surface area contributed by atoms with Gasteiger partial charge in [-0.05, 0) is 25.5 Å². The first-order chi connectivity index (χ1) is 13.8. The highest BCUT2D eigenvalue weighted by atomic mass is 32.1. The van der Waals surface area contributed by atoms with E-state index in [9.17, 15) is 0 Å². The van der Waals surface area contributed by atoms with E-state index in [0.717, 1.165) is 74.8 Å². The van der Waals surface area contributed by atoms with E-state index in [1.54, 1.807) is 6.26 Å². The van der Waals surface area contributed by atoms with Gasteiger partial charge in [0.1, 0.15) is 18.2 Å². The van der Waals surface area contributed by atoms with Crippen molar-refractivity contribution in [2.45, 2.75) is 33.3 Å². The summed E-state index contributed by atoms with van der Waals surface area (Å²) in [7, 11) is 0. The molecule has 1 aliphatic rings. The largest absolute Gasteiger partial charge is 0.467 e. The molecule has 0 unspecified atom stereocenters. The minimum atomic E-state index is 0.518. The number of aromatic nitrogens is 2. The minimum absolute atomic E-state index is 0.518. The number of aryl methyl sites for hydroxylation is 1. The van der Waals surface area contributed by atoms with Gasteiger partial charge in [0.25, 0.3) is 0 Å². The van der Waals surface area contributed by atoms with Crippen LogP contribution in [0.1, 0.15) is 31.9 Å². The zero-order valence-corrected chi connectivity index (χ0v) is 17.6. The topological polar surface area (TPSA) is 79.0 Å². The summed E-state index contributed by atoms with van der Waals surface area (Å²) >= 11 is 1.50. The second-order valence-electron chi connectivity index (χ2n) is 6.54. The van der Waals surface area contributed by atoms with Crippen LogP contribution in [-0.4, -0.2) is 66.1 Å². The molecular formula is C19H30N6O2S. The van der Waals surface area contributed by atoms with Crippen molar-refractivity contribution in [2.75, 3.05) is 50.8 Å². The van der Waals surface area contributed by atoms with Crippen molar-refractivity contribution in [3.05, 3.63) is 30.0 Å². The zero-order valence-electron chi connectivity index (χ0n) is 16.8. The van der Waals surface area contributed by atoms with Crippen LogP contribution in [-0.2, 0) is 17.8 Å². The molecule has 3 rings (SSSR count). The van der Waals surface area contributed by atoms with Gasteiger partial charge in [0.15, 0.2) is 5.96 Å². The first kappa shape index (κ1) is 20.6. The predicted octanol–water partition coefficient (Wildman–Crippen LogP) is 2.39. The first-order valence-corrected chi connectivity index (χ1v) is 10.8. The number of nitrogens with one attached hydrogen (secondary N) is 1. The Kier molecular flexibility index (Phi) is 8.10. The average molecular weight is 407 g/mol. The fourth-order valence-electron chi connectivity index (χ4n) is 2.97. The molecule has 2 aromatic rings. The zero-order chi connectivity index (χ0) is 19.6. The van der Waals surface area contributed by atoms with E-state index in [-0.39, 0.29) is 0 Å².